The Hall–Kier alpha value is -2.27. The fourth-order valence-corrected chi connectivity index (χ4v) is 5.09. The van der Waals surface area contributed by atoms with Gasteiger partial charge in [0, 0.05) is 42.7 Å². The Morgan fingerprint density at radius 2 is 1.72 bits per heavy atom. The minimum Gasteiger partial charge on any atom is -0.493 e. The van der Waals surface area contributed by atoms with E-state index in [1.165, 1.54) is 0 Å². The van der Waals surface area contributed by atoms with Crippen LogP contribution in [0, 0.1) is 15.9 Å². The Morgan fingerprint density at radius 1 is 1.10 bits per heavy atom. The molecule has 1 heterocycles. The molecule has 1 aromatic carbocycles. The van der Waals surface area contributed by atoms with Gasteiger partial charge in [0.2, 0.25) is 0 Å². The monoisotopic (exact) mass is 504 g/mol. The second-order valence-electron chi connectivity index (χ2n) is 7.29. The third-order valence-corrected chi connectivity index (χ3v) is 6.33. The average Bonchev–Trinajstić information content (AvgIpc) is 2.71. The van der Waals surface area contributed by atoms with Crippen LogP contribution in [0.4, 0.5) is 0 Å². The number of Topliss-reactive ketones (excluding diaryl/α,β-unsaturated/α-hetero) is 2. The summed E-state index contributed by atoms with van der Waals surface area (Å²) in [6.45, 7) is 0.130. The maximum absolute atomic E-state index is 12.9. The zero-order valence-corrected chi connectivity index (χ0v) is 18.3. The maximum atomic E-state index is 12.9. The van der Waals surface area contributed by atoms with Crippen molar-refractivity contribution < 1.29 is 23.8 Å². The molecule has 0 aromatic heterocycles. The minimum absolute atomic E-state index is 0.0582. The van der Waals surface area contributed by atoms with E-state index in [1.54, 1.807) is 7.11 Å². The van der Waals surface area contributed by atoms with Gasteiger partial charge in [-0.3, -0.25) is 9.59 Å². The summed E-state index contributed by atoms with van der Waals surface area (Å²) in [5, 5.41) is 0. The smallest absolute Gasteiger partial charge is 0.175 e. The largest absolute Gasteiger partial charge is 0.493 e. The van der Waals surface area contributed by atoms with Crippen molar-refractivity contribution in [3.05, 3.63) is 43.9 Å². The number of ketones is 2. The summed E-state index contributed by atoms with van der Waals surface area (Å²) in [6.07, 6.45) is 9.28. The molecule has 6 heteroatoms. The van der Waals surface area contributed by atoms with E-state index in [4.69, 9.17) is 20.6 Å². The average molecular weight is 504 g/mol. The van der Waals surface area contributed by atoms with Crippen LogP contribution < -0.4 is 9.47 Å². The van der Waals surface area contributed by atoms with E-state index in [1.807, 2.05) is 12.1 Å². The van der Waals surface area contributed by atoms with E-state index >= 15 is 0 Å². The zero-order chi connectivity index (χ0) is 20.5. The molecule has 0 unspecified atom stereocenters. The van der Waals surface area contributed by atoms with Gasteiger partial charge < -0.3 is 14.2 Å². The summed E-state index contributed by atoms with van der Waals surface area (Å²) in [5.41, 5.74) is 2.09. The standard InChI is InChI=1S/C23H21IO5/c1-3-10-28-23-14(24)11-13(12-19(23)27-2)20-21-15(25)6-4-8-17(21)29-18-9-5-7-16(26)22(18)20/h1,11-12,20H,4-10H2,2H3. The first-order valence-electron chi connectivity index (χ1n) is 9.69. The molecule has 1 aliphatic heterocycles. The summed E-state index contributed by atoms with van der Waals surface area (Å²) in [4.78, 5) is 25.8. The first-order valence-corrected chi connectivity index (χ1v) is 10.8. The fraction of sp³-hybridized carbons (Fsp3) is 0.391. The number of carbonyl (C=O) groups is 2. The summed E-state index contributed by atoms with van der Waals surface area (Å²) in [5.74, 6) is 4.70. The number of hydrogen-bond acceptors (Lipinski definition) is 5. The number of ether oxygens (including phenoxy) is 3. The normalized spacial score (nSPS) is 19.3. The molecule has 0 spiro atoms. The number of methoxy groups -OCH3 is 1. The Balaban J connectivity index is 1.88. The van der Waals surface area contributed by atoms with Crippen LogP contribution in [0.3, 0.4) is 0 Å². The molecule has 0 radical (unpaired) electrons. The number of allylic oxidation sites excluding steroid dienone is 4. The van der Waals surface area contributed by atoms with Crippen molar-refractivity contribution >= 4 is 34.2 Å². The minimum atomic E-state index is -0.418. The fourth-order valence-electron chi connectivity index (χ4n) is 4.31. The third kappa shape index (κ3) is 3.57. The molecule has 0 fully saturated rings. The van der Waals surface area contributed by atoms with E-state index in [-0.39, 0.29) is 18.2 Å². The second kappa shape index (κ2) is 8.23. The predicted octanol–water partition coefficient (Wildman–Crippen LogP) is 4.44. The van der Waals surface area contributed by atoms with Crippen molar-refractivity contribution in [3.63, 3.8) is 0 Å². The van der Waals surface area contributed by atoms with Crippen LogP contribution in [0.5, 0.6) is 11.5 Å². The molecule has 0 saturated carbocycles. The van der Waals surface area contributed by atoms with Crippen LogP contribution in [-0.4, -0.2) is 25.3 Å². The lowest BCUT2D eigenvalue weighted by molar-refractivity contribution is -0.117. The number of hydrogen-bond donors (Lipinski definition) is 0. The van der Waals surface area contributed by atoms with E-state index < -0.39 is 5.92 Å². The highest BCUT2D eigenvalue weighted by Crippen LogP contribution is 2.49. The number of carbonyl (C=O) groups excluding carboxylic acids is 2. The lowest BCUT2D eigenvalue weighted by Crippen LogP contribution is -2.30. The van der Waals surface area contributed by atoms with Gasteiger partial charge in [0.1, 0.15) is 18.1 Å². The molecule has 0 N–H and O–H groups in total. The van der Waals surface area contributed by atoms with E-state index in [0.29, 0.717) is 35.5 Å². The van der Waals surface area contributed by atoms with Gasteiger partial charge in [0.25, 0.3) is 0 Å². The highest BCUT2D eigenvalue weighted by molar-refractivity contribution is 14.1. The lowest BCUT2D eigenvalue weighted by atomic mass is 9.73. The lowest BCUT2D eigenvalue weighted by Gasteiger charge is -2.36. The van der Waals surface area contributed by atoms with Crippen molar-refractivity contribution in [2.45, 2.75) is 44.4 Å². The predicted molar refractivity (Wildman–Crippen MR) is 116 cm³/mol. The van der Waals surface area contributed by atoms with Crippen LogP contribution in [0.15, 0.2) is 34.8 Å². The summed E-state index contributed by atoms with van der Waals surface area (Å²) in [6, 6.07) is 3.80. The molecule has 0 amide bonds. The van der Waals surface area contributed by atoms with Gasteiger partial charge in [-0.05, 0) is 53.1 Å². The van der Waals surface area contributed by atoms with Crippen molar-refractivity contribution in [2.24, 2.45) is 0 Å². The third-order valence-electron chi connectivity index (χ3n) is 5.53. The van der Waals surface area contributed by atoms with Gasteiger partial charge >= 0.3 is 0 Å². The molecule has 4 rings (SSSR count). The quantitative estimate of drug-likeness (QED) is 0.449. The molecule has 5 nitrogen and oxygen atoms in total. The van der Waals surface area contributed by atoms with E-state index in [2.05, 4.69) is 28.5 Å². The number of rotatable bonds is 4. The molecule has 150 valence electrons. The second-order valence-corrected chi connectivity index (χ2v) is 8.45. The Labute approximate surface area is 183 Å². The molecular formula is C23H21IO5. The molecule has 3 aliphatic rings. The topological polar surface area (TPSA) is 61.8 Å². The molecule has 2 aliphatic carbocycles. The van der Waals surface area contributed by atoms with Crippen molar-refractivity contribution in [1.29, 1.82) is 0 Å². The molecule has 1 aromatic rings. The van der Waals surface area contributed by atoms with Crippen LogP contribution in [0.2, 0.25) is 0 Å². The molecule has 29 heavy (non-hydrogen) atoms. The molecule has 0 bridgehead atoms. The van der Waals surface area contributed by atoms with Crippen LogP contribution >= 0.6 is 22.6 Å². The van der Waals surface area contributed by atoms with Gasteiger partial charge in [0.05, 0.1) is 10.7 Å². The Bertz CT molecular complexity index is 953. The maximum Gasteiger partial charge on any atom is 0.175 e. The van der Waals surface area contributed by atoms with Gasteiger partial charge in [-0.1, -0.05) is 5.92 Å². The van der Waals surface area contributed by atoms with E-state index in [9.17, 15) is 9.59 Å². The molecule has 0 atom stereocenters. The summed E-state index contributed by atoms with van der Waals surface area (Å²) < 4.78 is 18.1. The first-order chi connectivity index (χ1) is 14.0. The van der Waals surface area contributed by atoms with Crippen LogP contribution in [-0.2, 0) is 14.3 Å². The van der Waals surface area contributed by atoms with Gasteiger partial charge in [-0.25, -0.2) is 0 Å². The van der Waals surface area contributed by atoms with Crippen molar-refractivity contribution in [3.8, 4) is 23.8 Å². The van der Waals surface area contributed by atoms with Gasteiger partial charge in [0.15, 0.2) is 23.1 Å². The first kappa shape index (κ1) is 20.0. The number of halogens is 1. The van der Waals surface area contributed by atoms with Crippen LogP contribution in [0.1, 0.15) is 50.0 Å². The molecular weight excluding hydrogens is 483 g/mol. The Morgan fingerprint density at radius 3 is 2.28 bits per heavy atom. The van der Waals surface area contributed by atoms with Gasteiger partial charge in [-0.15, -0.1) is 6.42 Å². The SMILES string of the molecule is C#CCOc1c(I)cc(C2C3=C(CCCC3=O)OC3=C2C(=O)CCC3)cc1OC. The van der Waals surface area contributed by atoms with Crippen LogP contribution in [0.25, 0.3) is 0 Å². The summed E-state index contributed by atoms with van der Waals surface area (Å²) >= 11 is 2.17. The molecule has 0 saturated heterocycles. The highest BCUT2D eigenvalue weighted by Gasteiger charge is 2.42. The summed E-state index contributed by atoms with van der Waals surface area (Å²) in [7, 11) is 1.56. The zero-order valence-electron chi connectivity index (χ0n) is 16.2. The van der Waals surface area contributed by atoms with Crippen molar-refractivity contribution in [2.75, 3.05) is 13.7 Å². The number of terminal acetylenes is 1. The van der Waals surface area contributed by atoms with E-state index in [0.717, 1.165) is 46.3 Å². The highest BCUT2D eigenvalue weighted by atomic mass is 127. The Kier molecular flexibility index (Phi) is 5.68. The number of benzene rings is 1. The van der Waals surface area contributed by atoms with Gasteiger partial charge in [-0.2, -0.15) is 0 Å². The van der Waals surface area contributed by atoms with Crippen molar-refractivity contribution in [1.82, 2.24) is 0 Å².